The van der Waals surface area contributed by atoms with Crippen LogP contribution < -0.4 is 11.1 Å². The number of benzene rings is 2. The van der Waals surface area contributed by atoms with E-state index in [1.54, 1.807) is 20.8 Å². The highest BCUT2D eigenvalue weighted by atomic mass is 16.6. The Morgan fingerprint density at radius 1 is 1.03 bits per heavy atom. The minimum atomic E-state index is -1.28. The van der Waals surface area contributed by atoms with E-state index in [1.165, 1.54) is 4.90 Å². The van der Waals surface area contributed by atoms with Crippen molar-refractivity contribution in [2.24, 2.45) is 10.7 Å². The molecule has 2 aromatic carbocycles. The van der Waals surface area contributed by atoms with Gasteiger partial charge in [-0.3, -0.25) is 15.0 Å². The molecule has 1 aliphatic rings. The predicted octanol–water partition coefficient (Wildman–Crippen LogP) is 3.39. The number of carbonyl (C=O) groups excluding carboxylic acids is 2. The van der Waals surface area contributed by atoms with Crippen molar-refractivity contribution in [1.82, 2.24) is 10.2 Å². The van der Waals surface area contributed by atoms with Crippen LogP contribution in [0.2, 0.25) is 0 Å². The molecule has 1 aliphatic heterocycles. The van der Waals surface area contributed by atoms with Crippen LogP contribution in [0, 0.1) is 0 Å². The van der Waals surface area contributed by atoms with E-state index < -0.39 is 17.2 Å². The van der Waals surface area contributed by atoms with Crippen LogP contribution in [-0.4, -0.2) is 41.6 Å². The lowest BCUT2D eigenvalue weighted by atomic mass is 9.83. The summed E-state index contributed by atoms with van der Waals surface area (Å²) in [5.74, 6) is -0.0306. The molecule has 0 spiro atoms. The number of unbranched alkanes of at least 4 members (excludes halogenated alkanes) is 1. The summed E-state index contributed by atoms with van der Waals surface area (Å²) in [6.07, 6.45) is 0.796. The highest BCUT2D eigenvalue weighted by Crippen LogP contribution is 2.39. The second-order valence-corrected chi connectivity index (χ2v) is 8.46. The summed E-state index contributed by atoms with van der Waals surface area (Å²) in [6, 6.07) is 18.8. The third-order valence-electron chi connectivity index (χ3n) is 4.92. The van der Waals surface area contributed by atoms with Gasteiger partial charge in [-0.2, -0.15) is 0 Å². The molecule has 2 aromatic rings. The lowest BCUT2D eigenvalue weighted by molar-refractivity contribution is -0.130. The van der Waals surface area contributed by atoms with Crippen molar-refractivity contribution >= 4 is 18.0 Å². The highest BCUT2D eigenvalue weighted by molar-refractivity contribution is 6.12. The Morgan fingerprint density at radius 2 is 1.58 bits per heavy atom. The van der Waals surface area contributed by atoms with E-state index in [1.807, 2.05) is 60.7 Å². The van der Waals surface area contributed by atoms with Gasteiger partial charge in [-0.1, -0.05) is 60.7 Å². The summed E-state index contributed by atoms with van der Waals surface area (Å²) in [4.78, 5) is 32.7. The van der Waals surface area contributed by atoms with Gasteiger partial charge in [-0.05, 0) is 51.3 Å². The van der Waals surface area contributed by atoms with Gasteiger partial charge in [0.2, 0.25) is 5.96 Å². The predicted molar refractivity (Wildman–Crippen MR) is 120 cm³/mol. The first-order chi connectivity index (χ1) is 14.8. The van der Waals surface area contributed by atoms with E-state index >= 15 is 0 Å². The Morgan fingerprint density at radius 3 is 2.06 bits per heavy atom. The average Bonchev–Trinajstić information content (AvgIpc) is 3.00. The normalized spacial score (nSPS) is 15.5. The number of hydrogen-bond donors (Lipinski definition) is 2. The fourth-order valence-corrected chi connectivity index (χ4v) is 3.57. The van der Waals surface area contributed by atoms with E-state index in [0.717, 1.165) is 17.5 Å². The molecule has 0 radical (unpaired) electrons. The Kier molecular flexibility index (Phi) is 6.75. The number of hydrogen-bond acceptors (Lipinski definition) is 5. The Bertz CT molecular complexity index is 897. The number of nitrogens with one attached hydrogen (secondary N) is 1. The van der Waals surface area contributed by atoms with Crippen LogP contribution in [-0.2, 0) is 15.1 Å². The lowest BCUT2D eigenvalue weighted by Crippen LogP contribution is -2.47. The molecule has 0 saturated carbocycles. The molecule has 0 aromatic heterocycles. The van der Waals surface area contributed by atoms with Crippen molar-refractivity contribution in [3.8, 4) is 0 Å². The third kappa shape index (κ3) is 4.94. The SMILES string of the molecule is CC(C)(C)OC(=O)NC1=NC(c2ccccc2)(c2ccccc2)C(=O)N1CCCCN. The molecule has 7 heteroatoms. The zero-order chi connectivity index (χ0) is 22.5. The van der Waals surface area contributed by atoms with Crippen molar-refractivity contribution in [2.75, 3.05) is 13.1 Å². The highest BCUT2D eigenvalue weighted by Gasteiger charge is 2.51. The first-order valence-electron chi connectivity index (χ1n) is 10.5. The summed E-state index contributed by atoms with van der Waals surface area (Å²) in [5.41, 5.74) is 5.15. The quantitative estimate of drug-likeness (QED) is 0.698. The maximum absolute atomic E-state index is 13.9. The Labute approximate surface area is 183 Å². The molecule has 3 N–H and O–H groups in total. The van der Waals surface area contributed by atoms with Crippen LogP contribution in [0.15, 0.2) is 65.7 Å². The van der Waals surface area contributed by atoms with Crippen molar-refractivity contribution in [3.05, 3.63) is 71.8 Å². The largest absolute Gasteiger partial charge is 0.444 e. The molecule has 0 saturated heterocycles. The van der Waals surface area contributed by atoms with Gasteiger partial charge >= 0.3 is 6.09 Å². The molecule has 0 atom stereocenters. The van der Waals surface area contributed by atoms with Gasteiger partial charge < -0.3 is 10.5 Å². The fourth-order valence-electron chi connectivity index (χ4n) is 3.57. The first-order valence-corrected chi connectivity index (χ1v) is 10.5. The van der Waals surface area contributed by atoms with Crippen LogP contribution in [0.1, 0.15) is 44.7 Å². The summed E-state index contributed by atoms with van der Waals surface area (Å²) in [5, 5.41) is 2.70. The standard InChI is InChI=1S/C24H30N4O3/c1-23(2,3)31-22(30)26-21-27-24(18-12-6-4-7-13-18,19-14-8-5-9-15-19)20(29)28(21)17-11-10-16-25/h4-9,12-15H,10-11,16-17,25H2,1-3H3,(H,26,27,30). The van der Waals surface area contributed by atoms with Gasteiger partial charge in [0, 0.05) is 6.54 Å². The number of carbonyl (C=O) groups is 2. The van der Waals surface area contributed by atoms with Crippen LogP contribution in [0.3, 0.4) is 0 Å². The molecule has 1 heterocycles. The second kappa shape index (κ2) is 9.31. The van der Waals surface area contributed by atoms with Crippen molar-refractivity contribution < 1.29 is 14.3 Å². The van der Waals surface area contributed by atoms with E-state index in [4.69, 9.17) is 15.5 Å². The van der Waals surface area contributed by atoms with Crippen LogP contribution in [0.4, 0.5) is 4.79 Å². The molecule has 164 valence electrons. The molecule has 0 bridgehead atoms. The van der Waals surface area contributed by atoms with Crippen molar-refractivity contribution in [2.45, 2.75) is 44.8 Å². The summed E-state index contributed by atoms with van der Waals surface area (Å²) in [6.45, 7) is 6.27. The molecule has 0 unspecified atom stereocenters. The summed E-state index contributed by atoms with van der Waals surface area (Å²) < 4.78 is 5.40. The average molecular weight is 423 g/mol. The zero-order valence-corrected chi connectivity index (χ0v) is 18.3. The summed E-state index contributed by atoms with van der Waals surface area (Å²) in [7, 11) is 0. The lowest BCUT2D eigenvalue weighted by Gasteiger charge is -2.27. The monoisotopic (exact) mass is 422 g/mol. The number of nitrogens with zero attached hydrogens (tertiary/aromatic N) is 2. The molecule has 7 nitrogen and oxygen atoms in total. The Balaban J connectivity index is 2.08. The third-order valence-corrected chi connectivity index (χ3v) is 4.92. The first kappa shape index (κ1) is 22.5. The topological polar surface area (TPSA) is 97.0 Å². The van der Waals surface area contributed by atoms with E-state index in [9.17, 15) is 9.59 Å². The molecular formula is C24H30N4O3. The van der Waals surface area contributed by atoms with Gasteiger partial charge in [0.05, 0.1) is 0 Å². The van der Waals surface area contributed by atoms with Gasteiger partial charge in [-0.25, -0.2) is 9.79 Å². The van der Waals surface area contributed by atoms with Crippen LogP contribution >= 0.6 is 0 Å². The maximum Gasteiger partial charge on any atom is 0.414 e. The molecule has 2 amide bonds. The zero-order valence-electron chi connectivity index (χ0n) is 18.3. The molecule has 0 aliphatic carbocycles. The number of amides is 2. The minimum absolute atomic E-state index is 0.184. The Hall–Kier alpha value is -3.19. The molecule has 31 heavy (non-hydrogen) atoms. The van der Waals surface area contributed by atoms with Crippen LogP contribution in [0.5, 0.6) is 0 Å². The number of alkyl carbamates (subject to hydrolysis) is 1. The van der Waals surface area contributed by atoms with Crippen molar-refractivity contribution in [3.63, 3.8) is 0 Å². The van der Waals surface area contributed by atoms with Gasteiger partial charge in [0.1, 0.15) is 5.60 Å². The van der Waals surface area contributed by atoms with Crippen LogP contribution in [0.25, 0.3) is 0 Å². The second-order valence-electron chi connectivity index (χ2n) is 8.46. The van der Waals surface area contributed by atoms with E-state index in [0.29, 0.717) is 19.5 Å². The number of rotatable bonds is 6. The van der Waals surface area contributed by atoms with Gasteiger partial charge in [-0.15, -0.1) is 0 Å². The van der Waals surface area contributed by atoms with E-state index in [-0.39, 0.29) is 11.9 Å². The van der Waals surface area contributed by atoms with E-state index in [2.05, 4.69) is 5.32 Å². The molecular weight excluding hydrogens is 392 g/mol. The minimum Gasteiger partial charge on any atom is -0.444 e. The molecule has 0 fully saturated rings. The smallest absolute Gasteiger partial charge is 0.414 e. The fraction of sp³-hybridized carbons (Fsp3) is 0.375. The number of guanidine groups is 1. The number of aliphatic imine (C=N–C) groups is 1. The van der Waals surface area contributed by atoms with Crippen molar-refractivity contribution in [1.29, 1.82) is 0 Å². The number of ether oxygens (including phenoxy) is 1. The number of nitrogens with two attached hydrogens (primary N) is 1. The summed E-state index contributed by atoms with van der Waals surface area (Å²) >= 11 is 0. The van der Waals surface area contributed by atoms with Gasteiger partial charge in [0.25, 0.3) is 5.91 Å². The maximum atomic E-state index is 13.9. The molecule has 3 rings (SSSR count). The van der Waals surface area contributed by atoms with Gasteiger partial charge in [0.15, 0.2) is 5.54 Å².